The zero-order valence-corrected chi connectivity index (χ0v) is 10.5. The van der Waals surface area contributed by atoms with Crippen LogP contribution in [-0.2, 0) is 11.0 Å². The van der Waals surface area contributed by atoms with Crippen molar-refractivity contribution >= 4 is 17.7 Å². The summed E-state index contributed by atoms with van der Waals surface area (Å²) in [4.78, 5) is 14.4. The van der Waals surface area contributed by atoms with Crippen LogP contribution in [0.3, 0.4) is 0 Å². The summed E-state index contributed by atoms with van der Waals surface area (Å²) in [6.07, 6.45) is -2.06. The molecule has 2 heterocycles. The number of alkyl halides is 3. The molecule has 0 bridgehead atoms. The van der Waals surface area contributed by atoms with E-state index in [0.29, 0.717) is 5.69 Å². The molecule has 0 saturated heterocycles. The third kappa shape index (κ3) is 2.66. The number of carbonyl (C=O) groups is 1. The highest BCUT2D eigenvalue weighted by molar-refractivity contribution is 5.91. The molecule has 2 rings (SSSR count). The summed E-state index contributed by atoms with van der Waals surface area (Å²) >= 11 is 0. The van der Waals surface area contributed by atoms with E-state index in [0.717, 1.165) is 6.20 Å². The first kappa shape index (κ1) is 14.1. The Morgan fingerprint density at radius 2 is 2.15 bits per heavy atom. The van der Waals surface area contributed by atoms with E-state index in [2.05, 4.69) is 4.98 Å². The second-order valence-electron chi connectivity index (χ2n) is 4.13. The maximum absolute atomic E-state index is 12.6. The third-order valence-electron chi connectivity index (χ3n) is 2.79. The molecule has 0 saturated carbocycles. The maximum atomic E-state index is 12.6. The van der Waals surface area contributed by atoms with Crippen LogP contribution in [0, 0.1) is 0 Å². The molecule has 0 atom stereocenters. The second-order valence-corrected chi connectivity index (χ2v) is 4.13. The molecule has 0 unspecified atom stereocenters. The van der Waals surface area contributed by atoms with E-state index in [1.54, 1.807) is 6.92 Å². The molecule has 4 nitrogen and oxygen atoms in total. The van der Waals surface area contributed by atoms with Crippen LogP contribution >= 0.6 is 0 Å². The topological polar surface area (TPSA) is 54.6 Å². The molecule has 106 valence electrons. The van der Waals surface area contributed by atoms with Crippen molar-refractivity contribution in [2.24, 2.45) is 0 Å². The van der Waals surface area contributed by atoms with Crippen LogP contribution in [0.25, 0.3) is 11.7 Å². The lowest BCUT2D eigenvalue weighted by Gasteiger charge is -2.02. The van der Waals surface area contributed by atoms with E-state index >= 15 is 0 Å². The molecule has 1 N–H and O–H groups in total. The Balaban J connectivity index is 2.60. The molecule has 0 aliphatic heterocycles. The fourth-order valence-corrected chi connectivity index (χ4v) is 1.78. The highest BCUT2D eigenvalue weighted by Gasteiger charge is 2.34. The molecule has 0 aliphatic carbocycles. The third-order valence-corrected chi connectivity index (χ3v) is 2.79. The molecule has 2 aromatic rings. The van der Waals surface area contributed by atoms with Crippen LogP contribution in [0.4, 0.5) is 13.2 Å². The smallest absolute Gasteiger partial charge is 0.434 e. The number of carboxylic acids is 1. The fourth-order valence-electron chi connectivity index (χ4n) is 1.78. The Hall–Kier alpha value is -2.31. The summed E-state index contributed by atoms with van der Waals surface area (Å²) in [7, 11) is 0. The molecule has 0 radical (unpaired) electrons. The Labute approximate surface area is 112 Å². The lowest BCUT2D eigenvalue weighted by atomic mass is 10.1. The fraction of sp³-hybridized carbons (Fsp3) is 0.231. The van der Waals surface area contributed by atoms with Crippen LogP contribution < -0.4 is 0 Å². The Morgan fingerprint density at radius 1 is 1.45 bits per heavy atom. The van der Waals surface area contributed by atoms with Gasteiger partial charge in [0.25, 0.3) is 0 Å². The maximum Gasteiger partial charge on any atom is 0.434 e. The Morgan fingerprint density at radius 3 is 2.70 bits per heavy atom. The van der Waals surface area contributed by atoms with Gasteiger partial charge in [-0.1, -0.05) is 13.0 Å². The Kier molecular flexibility index (Phi) is 3.52. The first-order chi connectivity index (χ1) is 9.32. The number of imidazole rings is 1. The number of pyridine rings is 1. The van der Waals surface area contributed by atoms with Gasteiger partial charge in [0.1, 0.15) is 5.65 Å². The molecular weight excluding hydrogens is 273 g/mol. The van der Waals surface area contributed by atoms with Crippen LogP contribution in [0.15, 0.2) is 30.0 Å². The highest BCUT2D eigenvalue weighted by atomic mass is 19.4. The molecule has 0 aliphatic rings. The van der Waals surface area contributed by atoms with Gasteiger partial charge in [0.15, 0.2) is 5.69 Å². The van der Waals surface area contributed by atoms with Gasteiger partial charge in [0, 0.05) is 17.5 Å². The highest BCUT2D eigenvalue weighted by Crippen LogP contribution is 2.29. The van der Waals surface area contributed by atoms with Crippen molar-refractivity contribution in [2.75, 3.05) is 0 Å². The number of carboxylic acid groups (broad SMARTS) is 1. The number of aromatic nitrogens is 2. The predicted molar refractivity (Wildman–Crippen MR) is 66.1 cm³/mol. The normalized spacial score (nSPS) is 12.9. The summed E-state index contributed by atoms with van der Waals surface area (Å²) in [6, 6.07) is 4.50. The van der Waals surface area contributed by atoms with Gasteiger partial charge >= 0.3 is 12.1 Å². The van der Waals surface area contributed by atoms with Gasteiger partial charge in [-0.05, 0) is 24.6 Å². The van der Waals surface area contributed by atoms with E-state index in [1.165, 1.54) is 28.7 Å². The molecule has 0 aromatic carbocycles. The van der Waals surface area contributed by atoms with Gasteiger partial charge in [0.05, 0.1) is 0 Å². The van der Waals surface area contributed by atoms with Gasteiger partial charge < -0.3 is 5.11 Å². The summed E-state index contributed by atoms with van der Waals surface area (Å²) in [5.41, 5.74) is -0.442. The van der Waals surface area contributed by atoms with Crippen molar-refractivity contribution in [3.8, 4) is 0 Å². The van der Waals surface area contributed by atoms with E-state index in [4.69, 9.17) is 5.11 Å². The number of hydrogen-bond donors (Lipinski definition) is 1. The first-order valence-electron chi connectivity index (χ1n) is 5.82. The van der Waals surface area contributed by atoms with Crippen molar-refractivity contribution in [3.63, 3.8) is 0 Å². The van der Waals surface area contributed by atoms with Gasteiger partial charge in [-0.25, -0.2) is 9.78 Å². The monoisotopic (exact) mass is 284 g/mol. The molecular formula is C13H11F3N2O2. The van der Waals surface area contributed by atoms with Gasteiger partial charge in [0.2, 0.25) is 0 Å². The average molecular weight is 284 g/mol. The first-order valence-corrected chi connectivity index (χ1v) is 5.82. The molecule has 0 amide bonds. The number of nitrogens with zero attached hydrogens (tertiary/aromatic N) is 2. The zero-order valence-electron chi connectivity index (χ0n) is 10.5. The quantitative estimate of drug-likeness (QED) is 0.880. The average Bonchev–Trinajstić information content (AvgIpc) is 2.79. The van der Waals surface area contributed by atoms with Crippen LogP contribution in [0.5, 0.6) is 0 Å². The van der Waals surface area contributed by atoms with E-state index in [9.17, 15) is 18.0 Å². The van der Waals surface area contributed by atoms with Crippen molar-refractivity contribution in [1.82, 2.24) is 9.38 Å². The molecule has 0 fully saturated rings. The number of aliphatic carboxylic acids is 1. The van der Waals surface area contributed by atoms with Crippen LogP contribution in [-0.4, -0.2) is 20.5 Å². The molecule has 0 spiro atoms. The predicted octanol–water partition coefficient (Wildman–Crippen LogP) is 3.23. The largest absolute Gasteiger partial charge is 0.478 e. The lowest BCUT2D eigenvalue weighted by molar-refractivity contribution is -0.140. The molecule has 2 aromatic heterocycles. The number of hydrogen-bond acceptors (Lipinski definition) is 2. The van der Waals surface area contributed by atoms with Crippen molar-refractivity contribution in [3.05, 3.63) is 41.4 Å². The van der Waals surface area contributed by atoms with Crippen LogP contribution in [0.2, 0.25) is 0 Å². The minimum Gasteiger partial charge on any atom is -0.478 e. The summed E-state index contributed by atoms with van der Waals surface area (Å²) in [5, 5.41) is 8.97. The van der Waals surface area contributed by atoms with Crippen LogP contribution in [0.1, 0.15) is 24.7 Å². The number of fused-ring (bicyclic) bond motifs is 1. The minimum absolute atomic E-state index is 0.111. The summed E-state index contributed by atoms with van der Waals surface area (Å²) < 4.78 is 39.1. The van der Waals surface area contributed by atoms with E-state index in [-0.39, 0.29) is 17.6 Å². The zero-order chi connectivity index (χ0) is 14.9. The summed E-state index contributed by atoms with van der Waals surface area (Å²) in [5.74, 6) is -1.10. The van der Waals surface area contributed by atoms with E-state index in [1.807, 2.05) is 0 Å². The Bertz CT molecular complexity index is 686. The summed E-state index contributed by atoms with van der Waals surface area (Å²) in [6.45, 7) is 1.66. The minimum atomic E-state index is -4.53. The van der Waals surface area contributed by atoms with Crippen molar-refractivity contribution in [2.45, 2.75) is 19.5 Å². The second kappa shape index (κ2) is 4.99. The van der Waals surface area contributed by atoms with Gasteiger partial charge in [-0.3, -0.25) is 4.40 Å². The van der Waals surface area contributed by atoms with Crippen molar-refractivity contribution < 1.29 is 23.1 Å². The number of halogens is 3. The van der Waals surface area contributed by atoms with Gasteiger partial charge in [-0.15, -0.1) is 0 Å². The molecule has 7 heteroatoms. The van der Waals surface area contributed by atoms with E-state index < -0.39 is 17.8 Å². The lowest BCUT2D eigenvalue weighted by Crippen LogP contribution is -2.04. The standard InChI is InChI=1S/C13H11F3N2O2/c1-2-8(12(19)20)6-9-4-3-5-11-17-10(7-18(9)11)13(14,15)16/h3-7H,2H2,1H3,(H,19,20). The molecule has 20 heavy (non-hydrogen) atoms. The van der Waals surface area contributed by atoms with Crippen molar-refractivity contribution in [1.29, 1.82) is 0 Å². The van der Waals surface area contributed by atoms with Gasteiger partial charge in [-0.2, -0.15) is 13.2 Å². The SMILES string of the molecule is CCC(=Cc1cccc2nc(C(F)(F)F)cn12)C(=O)O. The number of rotatable bonds is 3.